The molecule has 0 aliphatic carbocycles. The van der Waals surface area contributed by atoms with E-state index in [0.29, 0.717) is 25.5 Å². The van der Waals surface area contributed by atoms with Gasteiger partial charge in [-0.2, -0.15) is 0 Å². The first-order valence-corrected chi connectivity index (χ1v) is 4.87. The highest BCUT2D eigenvalue weighted by molar-refractivity contribution is 4.98. The molecule has 0 amide bonds. The van der Waals surface area contributed by atoms with Gasteiger partial charge >= 0.3 is 0 Å². The van der Waals surface area contributed by atoms with Crippen LogP contribution in [0.25, 0.3) is 0 Å². The van der Waals surface area contributed by atoms with Crippen LogP contribution in [-0.4, -0.2) is 31.1 Å². The van der Waals surface area contributed by atoms with Crippen LogP contribution in [0.2, 0.25) is 0 Å². The molecular formula is C9H21N3O2. The van der Waals surface area contributed by atoms with Gasteiger partial charge in [-0.1, -0.05) is 0 Å². The minimum absolute atomic E-state index is 0.484. The zero-order valence-electron chi connectivity index (χ0n) is 9.19. The Morgan fingerprint density at radius 1 is 1.29 bits per heavy atom. The summed E-state index contributed by atoms with van der Waals surface area (Å²) in [4.78, 5) is 0. The summed E-state index contributed by atoms with van der Waals surface area (Å²) in [6.45, 7) is 7.50. The molecule has 0 spiro atoms. The molecule has 5 heteroatoms. The average molecular weight is 203 g/mol. The van der Waals surface area contributed by atoms with E-state index in [0.717, 1.165) is 0 Å². The SMILES string of the molecule is CCOC(OCC)/C(N)=C/N(N)CC. The summed E-state index contributed by atoms with van der Waals surface area (Å²) in [5.41, 5.74) is 6.24. The Bertz CT molecular complexity index is 167. The molecule has 0 fully saturated rings. The maximum atomic E-state index is 5.76. The number of hydrazine groups is 1. The molecule has 0 aromatic rings. The smallest absolute Gasteiger partial charge is 0.199 e. The van der Waals surface area contributed by atoms with E-state index in [9.17, 15) is 0 Å². The summed E-state index contributed by atoms with van der Waals surface area (Å²) in [6, 6.07) is 0. The minimum Gasteiger partial charge on any atom is -0.397 e. The summed E-state index contributed by atoms with van der Waals surface area (Å²) < 4.78 is 10.6. The number of hydrogen-bond acceptors (Lipinski definition) is 5. The first-order chi connectivity index (χ1) is 6.65. The topological polar surface area (TPSA) is 73.7 Å². The van der Waals surface area contributed by atoms with Crippen molar-refractivity contribution in [1.82, 2.24) is 5.01 Å². The lowest BCUT2D eigenvalue weighted by atomic mass is 10.4. The van der Waals surface area contributed by atoms with E-state index < -0.39 is 6.29 Å². The zero-order valence-corrected chi connectivity index (χ0v) is 9.19. The van der Waals surface area contributed by atoms with E-state index in [1.807, 2.05) is 20.8 Å². The van der Waals surface area contributed by atoms with Crippen LogP contribution in [0.3, 0.4) is 0 Å². The van der Waals surface area contributed by atoms with E-state index in [1.54, 1.807) is 6.20 Å². The molecule has 0 rings (SSSR count). The highest BCUT2D eigenvalue weighted by Gasteiger charge is 2.11. The van der Waals surface area contributed by atoms with Crippen molar-refractivity contribution in [3.8, 4) is 0 Å². The fraction of sp³-hybridized carbons (Fsp3) is 0.778. The Morgan fingerprint density at radius 3 is 2.14 bits per heavy atom. The summed E-state index contributed by atoms with van der Waals surface area (Å²) in [5.74, 6) is 5.57. The maximum Gasteiger partial charge on any atom is 0.199 e. The molecule has 0 unspecified atom stereocenters. The van der Waals surface area contributed by atoms with Gasteiger partial charge in [-0.05, 0) is 20.8 Å². The van der Waals surface area contributed by atoms with Crippen molar-refractivity contribution >= 4 is 0 Å². The van der Waals surface area contributed by atoms with Crippen LogP contribution in [0.15, 0.2) is 11.9 Å². The third kappa shape index (κ3) is 5.06. The van der Waals surface area contributed by atoms with E-state index >= 15 is 0 Å². The highest BCUT2D eigenvalue weighted by Crippen LogP contribution is 2.03. The Labute approximate surface area is 85.6 Å². The van der Waals surface area contributed by atoms with Crippen molar-refractivity contribution in [3.63, 3.8) is 0 Å². The molecule has 0 aliphatic heterocycles. The molecule has 0 aromatic heterocycles. The quantitative estimate of drug-likeness (QED) is 0.355. The second-order valence-corrected chi connectivity index (χ2v) is 2.70. The molecule has 0 radical (unpaired) electrons. The number of nitrogens with two attached hydrogens (primary N) is 2. The van der Waals surface area contributed by atoms with Crippen molar-refractivity contribution in [2.24, 2.45) is 11.6 Å². The third-order valence-corrected chi connectivity index (χ3v) is 1.59. The molecule has 5 nitrogen and oxygen atoms in total. The summed E-state index contributed by atoms with van der Waals surface area (Å²) in [7, 11) is 0. The highest BCUT2D eigenvalue weighted by atomic mass is 16.7. The van der Waals surface area contributed by atoms with Gasteiger partial charge in [0.15, 0.2) is 6.29 Å². The van der Waals surface area contributed by atoms with Crippen LogP contribution < -0.4 is 11.6 Å². The van der Waals surface area contributed by atoms with Gasteiger partial charge in [-0.25, -0.2) is 5.84 Å². The van der Waals surface area contributed by atoms with Crippen molar-refractivity contribution in [3.05, 3.63) is 11.9 Å². The van der Waals surface area contributed by atoms with Crippen LogP contribution in [0, 0.1) is 0 Å². The lowest BCUT2D eigenvalue weighted by molar-refractivity contribution is -0.112. The van der Waals surface area contributed by atoms with E-state index in [-0.39, 0.29) is 0 Å². The van der Waals surface area contributed by atoms with Gasteiger partial charge < -0.3 is 20.2 Å². The molecule has 0 heterocycles. The van der Waals surface area contributed by atoms with Gasteiger partial charge in [0.05, 0.1) is 5.70 Å². The monoisotopic (exact) mass is 203 g/mol. The van der Waals surface area contributed by atoms with Crippen LogP contribution in [0.1, 0.15) is 20.8 Å². The fourth-order valence-electron chi connectivity index (χ4n) is 0.887. The Hall–Kier alpha value is -0.780. The second-order valence-electron chi connectivity index (χ2n) is 2.70. The summed E-state index contributed by atoms with van der Waals surface area (Å²) in [6.07, 6.45) is 1.12. The summed E-state index contributed by atoms with van der Waals surface area (Å²) >= 11 is 0. The van der Waals surface area contributed by atoms with Gasteiger partial charge in [0.25, 0.3) is 0 Å². The van der Waals surface area contributed by atoms with E-state index in [2.05, 4.69) is 0 Å². The van der Waals surface area contributed by atoms with Crippen LogP contribution in [0.5, 0.6) is 0 Å². The third-order valence-electron chi connectivity index (χ3n) is 1.59. The van der Waals surface area contributed by atoms with Crippen LogP contribution >= 0.6 is 0 Å². The first-order valence-electron chi connectivity index (χ1n) is 4.87. The molecule has 84 valence electrons. The predicted molar refractivity (Wildman–Crippen MR) is 55.9 cm³/mol. The van der Waals surface area contributed by atoms with E-state index in [4.69, 9.17) is 21.1 Å². The van der Waals surface area contributed by atoms with Gasteiger partial charge in [0.2, 0.25) is 0 Å². The van der Waals surface area contributed by atoms with E-state index in [1.165, 1.54) is 5.01 Å². The largest absolute Gasteiger partial charge is 0.397 e. The fourth-order valence-corrected chi connectivity index (χ4v) is 0.887. The van der Waals surface area contributed by atoms with Crippen LogP contribution in [0.4, 0.5) is 0 Å². The van der Waals surface area contributed by atoms with Crippen molar-refractivity contribution in [1.29, 1.82) is 0 Å². The molecule has 0 aromatic carbocycles. The Balaban J connectivity index is 4.24. The van der Waals surface area contributed by atoms with Crippen molar-refractivity contribution in [2.75, 3.05) is 19.8 Å². The van der Waals surface area contributed by atoms with Crippen LogP contribution in [-0.2, 0) is 9.47 Å². The number of rotatable bonds is 7. The maximum absolute atomic E-state index is 5.76. The van der Waals surface area contributed by atoms with Gasteiger partial charge in [0.1, 0.15) is 0 Å². The van der Waals surface area contributed by atoms with Crippen molar-refractivity contribution < 1.29 is 9.47 Å². The molecule has 0 bridgehead atoms. The first kappa shape index (κ1) is 13.2. The Kier molecular flexibility index (Phi) is 7.18. The normalized spacial score (nSPS) is 12.2. The second kappa shape index (κ2) is 7.61. The molecule has 0 aliphatic rings. The molecular weight excluding hydrogens is 182 g/mol. The van der Waals surface area contributed by atoms with Gasteiger partial charge in [-0.15, -0.1) is 0 Å². The lowest BCUT2D eigenvalue weighted by Gasteiger charge is -2.19. The van der Waals surface area contributed by atoms with Crippen molar-refractivity contribution in [2.45, 2.75) is 27.1 Å². The predicted octanol–water partition coefficient (Wildman–Crippen LogP) is 0.381. The molecule has 0 atom stereocenters. The molecule has 0 saturated carbocycles. The number of nitrogens with zero attached hydrogens (tertiary/aromatic N) is 1. The number of hydrogen-bond donors (Lipinski definition) is 2. The van der Waals surface area contributed by atoms with Gasteiger partial charge in [-0.3, -0.25) is 0 Å². The molecule has 0 saturated heterocycles. The average Bonchev–Trinajstić information content (AvgIpc) is 2.17. The molecule has 4 N–H and O–H groups in total. The standard InChI is InChI=1S/C9H21N3O2/c1-4-12(11)7-8(10)9(13-5-2)14-6-3/h7,9H,4-6,10-11H2,1-3H3/b8-7-. The lowest BCUT2D eigenvalue weighted by Crippen LogP contribution is -2.31. The summed E-state index contributed by atoms with van der Waals surface area (Å²) in [5, 5.41) is 1.49. The Morgan fingerprint density at radius 2 is 1.79 bits per heavy atom. The molecule has 14 heavy (non-hydrogen) atoms. The van der Waals surface area contributed by atoms with Gasteiger partial charge in [0, 0.05) is 26.0 Å². The number of ether oxygens (including phenoxy) is 2. The minimum atomic E-state index is -0.498. The zero-order chi connectivity index (χ0) is 11.0.